The van der Waals surface area contributed by atoms with Crippen LogP contribution in [0.3, 0.4) is 0 Å². The van der Waals surface area contributed by atoms with Gasteiger partial charge in [0.2, 0.25) is 0 Å². The lowest BCUT2D eigenvalue weighted by Gasteiger charge is -2.19. The average molecular weight is 365 g/mol. The molecule has 124 valence electrons. The number of aliphatic carboxylic acids is 1. The van der Waals surface area contributed by atoms with E-state index in [-0.39, 0.29) is 6.42 Å². The first-order valence-corrected chi connectivity index (χ1v) is 7.94. The summed E-state index contributed by atoms with van der Waals surface area (Å²) in [5.74, 6) is -0.247. The molecular weight excluding hydrogens is 351 g/mol. The summed E-state index contributed by atoms with van der Waals surface area (Å²) in [5.41, 5.74) is 2.35. The summed E-state index contributed by atoms with van der Waals surface area (Å²) in [7, 11) is 1.79. The molecule has 24 heavy (non-hydrogen) atoms. The SMILES string of the molecule is CN(CCC(=O)O)c1cc(-c2cn[nH]c2)c2ccc(Cl)c(Cl)c2n1. The van der Waals surface area contributed by atoms with E-state index in [1.807, 2.05) is 12.1 Å². The maximum atomic E-state index is 10.8. The Morgan fingerprint density at radius 2 is 2.17 bits per heavy atom. The van der Waals surface area contributed by atoms with Gasteiger partial charge in [0.15, 0.2) is 0 Å². The number of anilines is 1. The zero-order valence-electron chi connectivity index (χ0n) is 12.8. The number of carboxylic acids is 1. The van der Waals surface area contributed by atoms with Gasteiger partial charge in [-0.15, -0.1) is 0 Å². The normalized spacial score (nSPS) is 11.0. The van der Waals surface area contributed by atoms with Crippen molar-refractivity contribution < 1.29 is 9.90 Å². The van der Waals surface area contributed by atoms with E-state index in [2.05, 4.69) is 15.2 Å². The van der Waals surface area contributed by atoms with E-state index in [9.17, 15) is 4.79 Å². The van der Waals surface area contributed by atoms with Crippen molar-refractivity contribution in [2.75, 3.05) is 18.5 Å². The number of rotatable bonds is 5. The van der Waals surface area contributed by atoms with E-state index >= 15 is 0 Å². The van der Waals surface area contributed by atoms with Crippen molar-refractivity contribution in [2.45, 2.75) is 6.42 Å². The quantitative estimate of drug-likeness (QED) is 0.718. The molecule has 0 aliphatic rings. The van der Waals surface area contributed by atoms with Crippen molar-refractivity contribution in [3.05, 3.63) is 40.6 Å². The van der Waals surface area contributed by atoms with Gasteiger partial charge < -0.3 is 10.0 Å². The highest BCUT2D eigenvalue weighted by Gasteiger charge is 2.15. The number of H-pyrrole nitrogens is 1. The van der Waals surface area contributed by atoms with E-state index in [1.54, 1.807) is 30.4 Å². The van der Waals surface area contributed by atoms with E-state index in [0.29, 0.717) is 27.9 Å². The van der Waals surface area contributed by atoms with Crippen LogP contribution in [0.2, 0.25) is 10.0 Å². The van der Waals surface area contributed by atoms with Gasteiger partial charge in [-0.05, 0) is 17.7 Å². The second kappa shape index (κ2) is 6.67. The fraction of sp³-hybridized carbons (Fsp3) is 0.188. The summed E-state index contributed by atoms with van der Waals surface area (Å²) < 4.78 is 0. The molecule has 1 aromatic carbocycles. The van der Waals surface area contributed by atoms with Crippen LogP contribution in [0.1, 0.15) is 6.42 Å². The third-order valence-corrected chi connectivity index (χ3v) is 4.51. The first-order valence-electron chi connectivity index (χ1n) is 7.18. The van der Waals surface area contributed by atoms with Gasteiger partial charge in [-0.25, -0.2) is 4.98 Å². The Labute approximate surface area is 148 Å². The van der Waals surface area contributed by atoms with Crippen LogP contribution < -0.4 is 4.90 Å². The van der Waals surface area contributed by atoms with Crippen molar-refractivity contribution in [1.82, 2.24) is 15.2 Å². The van der Waals surface area contributed by atoms with Gasteiger partial charge in [-0.2, -0.15) is 5.10 Å². The van der Waals surface area contributed by atoms with Crippen molar-refractivity contribution in [3.63, 3.8) is 0 Å². The number of nitrogens with one attached hydrogen (secondary N) is 1. The molecule has 2 N–H and O–H groups in total. The van der Waals surface area contributed by atoms with Gasteiger partial charge in [-0.3, -0.25) is 9.89 Å². The van der Waals surface area contributed by atoms with Crippen LogP contribution in [-0.4, -0.2) is 39.8 Å². The van der Waals surface area contributed by atoms with E-state index in [4.69, 9.17) is 28.3 Å². The molecule has 2 aromatic heterocycles. The number of fused-ring (bicyclic) bond motifs is 1. The van der Waals surface area contributed by atoms with Gasteiger partial charge >= 0.3 is 5.97 Å². The van der Waals surface area contributed by atoms with Crippen LogP contribution >= 0.6 is 23.2 Å². The maximum Gasteiger partial charge on any atom is 0.305 e. The minimum absolute atomic E-state index is 0.0144. The molecule has 2 heterocycles. The number of carbonyl (C=O) groups is 1. The Hall–Kier alpha value is -2.31. The predicted octanol–water partition coefficient (Wildman–Crippen LogP) is 3.84. The average Bonchev–Trinajstić information content (AvgIpc) is 3.09. The topological polar surface area (TPSA) is 82.1 Å². The Morgan fingerprint density at radius 3 is 2.83 bits per heavy atom. The van der Waals surface area contributed by atoms with Gasteiger partial charge in [0.05, 0.1) is 28.2 Å². The molecule has 0 amide bonds. The lowest BCUT2D eigenvalue weighted by Crippen LogP contribution is -2.22. The Balaban J connectivity index is 2.17. The minimum atomic E-state index is -0.862. The van der Waals surface area contributed by atoms with Crippen LogP contribution in [0.15, 0.2) is 30.6 Å². The lowest BCUT2D eigenvalue weighted by atomic mass is 10.0. The molecule has 0 bridgehead atoms. The molecule has 0 spiro atoms. The molecule has 0 saturated heterocycles. The molecule has 0 saturated carbocycles. The predicted molar refractivity (Wildman–Crippen MR) is 94.9 cm³/mol. The summed E-state index contributed by atoms with van der Waals surface area (Å²) >= 11 is 12.5. The van der Waals surface area contributed by atoms with E-state index < -0.39 is 5.97 Å². The van der Waals surface area contributed by atoms with Crippen LogP contribution in [0.4, 0.5) is 5.82 Å². The summed E-state index contributed by atoms with van der Waals surface area (Å²) in [6.45, 7) is 0.330. The second-order valence-electron chi connectivity index (χ2n) is 5.34. The number of halogens is 2. The molecule has 0 fully saturated rings. The molecule has 0 unspecified atom stereocenters. The molecule has 0 atom stereocenters. The molecule has 0 radical (unpaired) electrons. The first kappa shape index (κ1) is 16.5. The number of pyridine rings is 1. The fourth-order valence-electron chi connectivity index (χ4n) is 2.43. The summed E-state index contributed by atoms with van der Waals surface area (Å²) in [6, 6.07) is 5.48. The Bertz CT molecular complexity index is 897. The maximum absolute atomic E-state index is 10.8. The van der Waals surface area contributed by atoms with Gasteiger partial charge in [0.25, 0.3) is 0 Å². The number of carboxylic acid groups (broad SMARTS) is 1. The van der Waals surface area contributed by atoms with Crippen molar-refractivity contribution >= 4 is 45.9 Å². The van der Waals surface area contributed by atoms with Crippen LogP contribution in [-0.2, 0) is 4.79 Å². The monoisotopic (exact) mass is 364 g/mol. The van der Waals surface area contributed by atoms with Gasteiger partial charge in [-0.1, -0.05) is 29.3 Å². The van der Waals surface area contributed by atoms with Crippen molar-refractivity contribution in [3.8, 4) is 11.1 Å². The van der Waals surface area contributed by atoms with Crippen LogP contribution in [0.5, 0.6) is 0 Å². The first-order chi connectivity index (χ1) is 11.5. The van der Waals surface area contributed by atoms with Gasteiger partial charge in [0.1, 0.15) is 5.82 Å². The minimum Gasteiger partial charge on any atom is -0.481 e. The van der Waals surface area contributed by atoms with Crippen LogP contribution in [0.25, 0.3) is 22.0 Å². The number of aromatic amines is 1. The molecule has 8 heteroatoms. The molecule has 0 aliphatic heterocycles. The number of hydrogen-bond donors (Lipinski definition) is 2. The highest BCUT2D eigenvalue weighted by atomic mass is 35.5. The summed E-state index contributed by atoms with van der Waals surface area (Å²) in [5, 5.41) is 17.3. The Kier molecular flexibility index (Phi) is 4.59. The number of hydrogen-bond acceptors (Lipinski definition) is 4. The standard InChI is InChI=1S/C16H14Cl2N4O2/c1-22(5-4-14(23)24)13-6-11(9-7-19-20-8-9)10-2-3-12(17)15(18)16(10)21-13/h2-3,6-8H,4-5H2,1H3,(H,19,20)(H,23,24). The number of nitrogens with zero attached hydrogens (tertiary/aromatic N) is 3. The van der Waals surface area contributed by atoms with Gasteiger partial charge in [0, 0.05) is 30.7 Å². The fourth-order valence-corrected chi connectivity index (χ4v) is 2.79. The Morgan fingerprint density at radius 1 is 1.38 bits per heavy atom. The highest BCUT2D eigenvalue weighted by Crippen LogP contribution is 2.37. The third kappa shape index (κ3) is 3.16. The molecule has 3 rings (SSSR count). The zero-order chi connectivity index (χ0) is 17.3. The lowest BCUT2D eigenvalue weighted by molar-refractivity contribution is -0.136. The molecule has 0 aliphatic carbocycles. The molecule has 3 aromatic rings. The van der Waals surface area contributed by atoms with Crippen molar-refractivity contribution in [1.29, 1.82) is 0 Å². The van der Waals surface area contributed by atoms with Crippen LogP contribution in [0, 0.1) is 0 Å². The third-order valence-electron chi connectivity index (χ3n) is 3.72. The van der Waals surface area contributed by atoms with E-state index in [0.717, 1.165) is 16.5 Å². The second-order valence-corrected chi connectivity index (χ2v) is 6.12. The summed E-state index contributed by atoms with van der Waals surface area (Å²) in [6.07, 6.45) is 3.50. The smallest absolute Gasteiger partial charge is 0.305 e. The number of benzene rings is 1. The molecule has 6 nitrogen and oxygen atoms in total. The molecular formula is C16H14Cl2N4O2. The zero-order valence-corrected chi connectivity index (χ0v) is 14.3. The van der Waals surface area contributed by atoms with Crippen molar-refractivity contribution in [2.24, 2.45) is 0 Å². The highest BCUT2D eigenvalue weighted by molar-refractivity contribution is 6.45. The van der Waals surface area contributed by atoms with E-state index in [1.165, 1.54) is 0 Å². The summed E-state index contributed by atoms with van der Waals surface area (Å²) in [4.78, 5) is 17.1. The largest absolute Gasteiger partial charge is 0.481 e. The number of aromatic nitrogens is 3.